The maximum atomic E-state index is 13.2. The predicted molar refractivity (Wildman–Crippen MR) is 115 cm³/mol. The van der Waals surface area contributed by atoms with Gasteiger partial charge >= 0.3 is 5.97 Å². The lowest BCUT2D eigenvalue weighted by molar-refractivity contribution is -0.135. The summed E-state index contributed by atoms with van der Waals surface area (Å²) >= 11 is 0. The molecule has 0 aliphatic carbocycles. The van der Waals surface area contributed by atoms with E-state index in [0.29, 0.717) is 39.2 Å². The van der Waals surface area contributed by atoms with Gasteiger partial charge in [0.05, 0.1) is 24.5 Å². The summed E-state index contributed by atoms with van der Waals surface area (Å²) in [4.78, 5) is 25.5. The van der Waals surface area contributed by atoms with E-state index >= 15 is 0 Å². The van der Waals surface area contributed by atoms with Gasteiger partial charge in [-0.3, -0.25) is 9.59 Å². The number of carbonyl (C=O) groups is 1. The zero-order chi connectivity index (χ0) is 21.5. The molecule has 1 aromatic heterocycles. The zero-order valence-electron chi connectivity index (χ0n) is 16.6. The summed E-state index contributed by atoms with van der Waals surface area (Å²) in [5.74, 6) is -0.189. The summed E-state index contributed by atoms with van der Waals surface area (Å²) in [6.07, 6.45) is 1.50. The van der Waals surface area contributed by atoms with Crippen LogP contribution in [0.3, 0.4) is 0 Å². The molecular weight excluding hydrogens is 396 g/mol. The Kier molecular flexibility index (Phi) is 4.47. The van der Waals surface area contributed by atoms with Gasteiger partial charge in [-0.25, -0.2) is 0 Å². The van der Waals surface area contributed by atoms with E-state index in [2.05, 4.69) is 0 Å². The molecule has 0 saturated carbocycles. The van der Waals surface area contributed by atoms with Crippen molar-refractivity contribution >= 4 is 16.9 Å². The molecule has 1 N–H and O–H groups in total. The highest BCUT2D eigenvalue weighted by atomic mass is 16.5. The molecule has 0 saturated heterocycles. The number of hydrogen-bond donors (Lipinski definition) is 1. The number of phenolic OH excluding ortho intramolecular Hbond substituents is 1. The molecule has 0 amide bonds. The van der Waals surface area contributed by atoms with E-state index in [4.69, 9.17) is 13.9 Å². The van der Waals surface area contributed by atoms with Gasteiger partial charge in [-0.2, -0.15) is 0 Å². The summed E-state index contributed by atoms with van der Waals surface area (Å²) in [7, 11) is 1.47. The van der Waals surface area contributed by atoms with Crippen LogP contribution in [0.15, 0.2) is 76.1 Å². The maximum Gasteiger partial charge on any atom is 0.312 e. The van der Waals surface area contributed by atoms with Crippen LogP contribution in [0.4, 0.5) is 0 Å². The van der Waals surface area contributed by atoms with Gasteiger partial charge in [0, 0.05) is 11.5 Å². The third-order valence-corrected chi connectivity index (χ3v) is 5.57. The summed E-state index contributed by atoms with van der Waals surface area (Å²) in [6.45, 7) is 0. The lowest BCUT2D eigenvalue weighted by atomic mass is 9.85. The van der Waals surface area contributed by atoms with Gasteiger partial charge in [0.1, 0.15) is 17.6 Å². The van der Waals surface area contributed by atoms with Crippen LogP contribution >= 0.6 is 0 Å². The highest BCUT2D eigenvalue weighted by Crippen LogP contribution is 2.44. The molecule has 0 fully saturated rings. The Bertz CT molecular complexity index is 1370. The minimum Gasteiger partial charge on any atom is -0.504 e. The van der Waals surface area contributed by atoms with Gasteiger partial charge in [-0.15, -0.1) is 0 Å². The third kappa shape index (κ3) is 3.13. The van der Waals surface area contributed by atoms with Crippen LogP contribution in [0, 0.1) is 0 Å². The maximum absolute atomic E-state index is 13.2. The van der Waals surface area contributed by atoms with Crippen molar-refractivity contribution in [2.45, 2.75) is 12.3 Å². The van der Waals surface area contributed by atoms with E-state index in [9.17, 15) is 14.7 Å². The van der Waals surface area contributed by atoms with Crippen LogP contribution < -0.4 is 14.9 Å². The van der Waals surface area contributed by atoms with E-state index in [1.807, 2.05) is 30.3 Å². The van der Waals surface area contributed by atoms with Crippen LogP contribution in [0.5, 0.6) is 17.2 Å². The monoisotopic (exact) mass is 414 g/mol. The Hall–Kier alpha value is -4.06. The molecule has 1 aliphatic rings. The minimum absolute atomic E-state index is 0.0338. The summed E-state index contributed by atoms with van der Waals surface area (Å²) < 4.78 is 16.5. The van der Waals surface area contributed by atoms with Gasteiger partial charge in [-0.1, -0.05) is 36.4 Å². The molecule has 0 spiro atoms. The number of aromatic hydroxyl groups is 1. The summed E-state index contributed by atoms with van der Waals surface area (Å²) in [6, 6.07) is 17.5. The fourth-order valence-corrected chi connectivity index (χ4v) is 4.08. The molecule has 1 aliphatic heterocycles. The van der Waals surface area contributed by atoms with Gasteiger partial charge in [0.15, 0.2) is 11.5 Å². The average molecular weight is 414 g/mol. The van der Waals surface area contributed by atoms with Crippen LogP contribution in [0.1, 0.15) is 23.5 Å². The molecule has 31 heavy (non-hydrogen) atoms. The van der Waals surface area contributed by atoms with Crippen LogP contribution in [-0.4, -0.2) is 18.2 Å². The number of esters is 1. The fourth-order valence-electron chi connectivity index (χ4n) is 4.08. The Morgan fingerprint density at radius 1 is 1.03 bits per heavy atom. The second-order valence-corrected chi connectivity index (χ2v) is 7.36. The first-order chi connectivity index (χ1) is 15.1. The van der Waals surface area contributed by atoms with Crippen molar-refractivity contribution in [2.24, 2.45) is 0 Å². The molecule has 1 atom stereocenters. The van der Waals surface area contributed by atoms with E-state index in [1.54, 1.807) is 30.3 Å². The van der Waals surface area contributed by atoms with Gasteiger partial charge < -0.3 is 19.0 Å². The number of benzene rings is 3. The number of phenols is 1. The molecule has 6 nitrogen and oxygen atoms in total. The smallest absolute Gasteiger partial charge is 0.312 e. The van der Waals surface area contributed by atoms with Gasteiger partial charge in [-0.05, 0) is 35.4 Å². The molecule has 0 bridgehead atoms. The average Bonchev–Trinajstić information content (AvgIpc) is 2.79. The summed E-state index contributed by atoms with van der Waals surface area (Å²) in [5.41, 5.74) is 2.73. The Labute approximate surface area is 177 Å². The van der Waals surface area contributed by atoms with E-state index in [-0.39, 0.29) is 17.6 Å². The van der Waals surface area contributed by atoms with Crippen molar-refractivity contribution in [1.82, 2.24) is 0 Å². The normalized spacial score (nSPS) is 15.4. The van der Waals surface area contributed by atoms with Gasteiger partial charge in [0.25, 0.3) is 0 Å². The molecule has 3 aromatic carbocycles. The number of hydrogen-bond acceptors (Lipinski definition) is 6. The molecule has 1 unspecified atom stereocenters. The number of methoxy groups -OCH3 is 1. The molecule has 5 rings (SSSR count). The SMILES string of the molecule is COc1ccc(C2CC(=O)Oc3ccc4c(=O)c(-c5ccccc5)coc4c32)cc1O. The van der Waals surface area contributed by atoms with E-state index in [0.717, 1.165) is 5.56 Å². The molecule has 6 heteroatoms. The van der Waals surface area contributed by atoms with Crippen molar-refractivity contribution in [3.05, 3.63) is 88.3 Å². The lowest BCUT2D eigenvalue weighted by Gasteiger charge is -2.25. The molecule has 4 aromatic rings. The zero-order valence-corrected chi connectivity index (χ0v) is 16.6. The standard InChI is InChI=1S/C25H18O6/c1-29-20-9-7-15(11-19(20)26)17-12-22(27)31-21-10-8-16-24(28)18(13-30-25(16)23(17)21)14-5-3-2-4-6-14/h2-11,13,17,26H,12H2,1H3. The quantitative estimate of drug-likeness (QED) is 0.389. The van der Waals surface area contributed by atoms with Crippen molar-refractivity contribution in [3.63, 3.8) is 0 Å². The Morgan fingerprint density at radius 3 is 2.58 bits per heavy atom. The first-order valence-electron chi connectivity index (χ1n) is 9.78. The highest BCUT2D eigenvalue weighted by Gasteiger charge is 2.32. The number of ether oxygens (including phenoxy) is 2. The van der Waals surface area contributed by atoms with Crippen LogP contribution in [0.2, 0.25) is 0 Å². The van der Waals surface area contributed by atoms with Crippen molar-refractivity contribution in [1.29, 1.82) is 0 Å². The topological polar surface area (TPSA) is 86.0 Å². The van der Waals surface area contributed by atoms with Crippen LogP contribution in [-0.2, 0) is 4.79 Å². The van der Waals surface area contributed by atoms with Gasteiger partial charge in [0.2, 0.25) is 5.43 Å². The first kappa shape index (κ1) is 18.9. The Balaban J connectivity index is 1.72. The molecule has 0 radical (unpaired) electrons. The van der Waals surface area contributed by atoms with Crippen molar-refractivity contribution in [2.75, 3.05) is 7.11 Å². The second kappa shape index (κ2) is 7.32. The second-order valence-electron chi connectivity index (χ2n) is 7.36. The minimum atomic E-state index is -0.442. The summed E-state index contributed by atoms with van der Waals surface area (Å²) in [5, 5.41) is 10.6. The number of fused-ring (bicyclic) bond motifs is 3. The largest absolute Gasteiger partial charge is 0.504 e. The first-order valence-corrected chi connectivity index (χ1v) is 9.78. The molecule has 2 heterocycles. The van der Waals surface area contributed by atoms with Crippen molar-refractivity contribution in [3.8, 4) is 28.4 Å². The van der Waals surface area contributed by atoms with E-state index in [1.165, 1.54) is 13.4 Å². The number of carbonyl (C=O) groups excluding carboxylic acids is 1. The molecular formula is C25H18O6. The predicted octanol–water partition coefficient (Wildman–Crippen LogP) is 4.62. The van der Waals surface area contributed by atoms with Crippen LogP contribution in [0.25, 0.3) is 22.1 Å². The van der Waals surface area contributed by atoms with E-state index < -0.39 is 11.9 Å². The lowest BCUT2D eigenvalue weighted by Crippen LogP contribution is -2.22. The van der Waals surface area contributed by atoms with Crippen molar-refractivity contribution < 1.29 is 23.8 Å². The molecule has 154 valence electrons. The Morgan fingerprint density at radius 2 is 1.84 bits per heavy atom. The highest BCUT2D eigenvalue weighted by molar-refractivity contribution is 5.90. The fraction of sp³-hybridized carbons (Fsp3) is 0.120. The third-order valence-electron chi connectivity index (χ3n) is 5.57. The number of rotatable bonds is 3.